The van der Waals surface area contributed by atoms with Crippen molar-refractivity contribution in [3.63, 3.8) is 0 Å². The van der Waals surface area contributed by atoms with E-state index >= 15 is 0 Å². The lowest BCUT2D eigenvalue weighted by Crippen LogP contribution is -2.01. The Labute approximate surface area is 387 Å². The van der Waals surface area contributed by atoms with Crippen molar-refractivity contribution in [1.82, 2.24) is 0 Å². The van der Waals surface area contributed by atoms with Crippen LogP contribution in [0.15, 0.2) is 115 Å². The van der Waals surface area contributed by atoms with Crippen LogP contribution in [0.25, 0.3) is 5.57 Å². The van der Waals surface area contributed by atoms with E-state index in [0.717, 1.165) is 55.7 Å². The summed E-state index contributed by atoms with van der Waals surface area (Å²) >= 11 is 0. The summed E-state index contributed by atoms with van der Waals surface area (Å²) in [6.07, 6.45) is 1.03. The van der Waals surface area contributed by atoms with Gasteiger partial charge >= 0.3 is 0 Å². The van der Waals surface area contributed by atoms with E-state index in [4.69, 9.17) is 47.4 Å². The van der Waals surface area contributed by atoms with Gasteiger partial charge in [0.2, 0.25) is 11.5 Å². The predicted molar refractivity (Wildman–Crippen MR) is 257 cm³/mol. The van der Waals surface area contributed by atoms with Crippen LogP contribution in [0.2, 0.25) is 0 Å². The first kappa shape index (κ1) is 47.2. The number of rotatable bonds is 15. The lowest BCUT2D eigenvalue weighted by Gasteiger charge is -2.16. The van der Waals surface area contributed by atoms with Gasteiger partial charge in [-0.2, -0.15) is 0 Å². The van der Waals surface area contributed by atoms with E-state index in [2.05, 4.69) is 59.8 Å². The van der Waals surface area contributed by atoms with Crippen molar-refractivity contribution >= 4 is 5.57 Å². The molecule has 66 heavy (non-hydrogen) atoms. The third kappa shape index (κ3) is 11.8. The molecule has 0 unspecified atom stereocenters. The maximum Gasteiger partial charge on any atom is 0.203 e. The first-order chi connectivity index (χ1) is 32.2. The van der Waals surface area contributed by atoms with Gasteiger partial charge in [-0.05, 0) is 101 Å². The van der Waals surface area contributed by atoms with Crippen molar-refractivity contribution < 1.29 is 47.4 Å². The topological polar surface area (TPSA) is 92.3 Å². The zero-order valence-electron chi connectivity index (χ0n) is 38.9. The second kappa shape index (κ2) is 22.9. The van der Waals surface area contributed by atoms with Crippen molar-refractivity contribution in [3.8, 4) is 93.0 Å². The van der Waals surface area contributed by atoms with E-state index in [-0.39, 0.29) is 0 Å². The van der Waals surface area contributed by atoms with Gasteiger partial charge < -0.3 is 47.4 Å². The van der Waals surface area contributed by atoms with Gasteiger partial charge in [-0.3, -0.25) is 0 Å². The predicted octanol–water partition coefficient (Wildman–Crippen LogP) is 9.86. The molecule has 10 nitrogen and oxygen atoms in total. The second-order valence-electron chi connectivity index (χ2n) is 14.5. The summed E-state index contributed by atoms with van der Waals surface area (Å²) in [4.78, 5) is 0. The van der Waals surface area contributed by atoms with E-state index in [0.29, 0.717) is 70.3 Å². The molecule has 0 aliphatic heterocycles. The van der Waals surface area contributed by atoms with Crippen LogP contribution in [0.4, 0.5) is 0 Å². The summed E-state index contributed by atoms with van der Waals surface area (Å²) in [5.74, 6) is 25.8. The average molecular weight is 885 g/mol. The van der Waals surface area contributed by atoms with Crippen LogP contribution in [0.3, 0.4) is 0 Å². The first-order valence-electron chi connectivity index (χ1n) is 20.7. The molecule has 0 atom stereocenters. The third-order valence-corrected chi connectivity index (χ3v) is 10.5. The summed E-state index contributed by atoms with van der Waals surface area (Å²) in [7, 11) is 16.0. The molecule has 336 valence electrons. The summed E-state index contributed by atoms with van der Waals surface area (Å²) in [5, 5.41) is 0. The molecule has 6 rings (SSSR count). The normalized spacial score (nSPS) is 10.6. The summed E-state index contributed by atoms with van der Waals surface area (Å²) < 4.78 is 55.8. The van der Waals surface area contributed by atoms with Crippen LogP contribution >= 0.6 is 0 Å². The van der Waals surface area contributed by atoms with E-state index in [1.165, 1.54) is 0 Å². The molecule has 6 aromatic carbocycles. The van der Waals surface area contributed by atoms with E-state index < -0.39 is 0 Å². The van der Waals surface area contributed by atoms with Crippen LogP contribution in [0, 0.1) is 35.5 Å². The lowest BCUT2D eigenvalue weighted by atomic mass is 9.89. The summed E-state index contributed by atoms with van der Waals surface area (Å²) in [6, 6.07) is 35.1. The van der Waals surface area contributed by atoms with E-state index in [1.807, 2.05) is 84.9 Å². The van der Waals surface area contributed by atoms with Crippen LogP contribution in [-0.4, -0.2) is 71.1 Å². The Balaban J connectivity index is 1.43. The molecule has 0 aliphatic carbocycles. The van der Waals surface area contributed by atoms with Crippen LogP contribution < -0.4 is 47.4 Å². The molecular weight excluding hydrogens is 833 g/mol. The molecule has 0 saturated carbocycles. The van der Waals surface area contributed by atoms with Crippen molar-refractivity contribution in [3.05, 3.63) is 159 Å². The van der Waals surface area contributed by atoms with E-state index in [9.17, 15) is 0 Å². The third-order valence-electron chi connectivity index (χ3n) is 10.5. The SMILES string of the molecule is COc1cc(C#C/C(Cc2ccc(C#Cc3cc(OC)c(OC)c(OC)c3)cc2)=C(\Cc2ccc(C#Cc3cc(OC)c(OC)c(OC)c3)cc2)c2cc(OC)cc(OC)c2)cc(OC)c1. The van der Waals surface area contributed by atoms with Crippen LogP contribution in [0.1, 0.15) is 44.5 Å². The minimum absolute atomic E-state index is 0.502. The van der Waals surface area contributed by atoms with Gasteiger partial charge in [-0.1, -0.05) is 59.8 Å². The highest BCUT2D eigenvalue weighted by Crippen LogP contribution is 2.39. The Hall–Kier alpha value is -8.26. The largest absolute Gasteiger partial charge is 0.497 e. The molecule has 0 bridgehead atoms. The fourth-order valence-electron chi connectivity index (χ4n) is 7.03. The first-order valence-corrected chi connectivity index (χ1v) is 20.7. The Morgan fingerprint density at radius 2 is 0.682 bits per heavy atom. The number of ether oxygens (including phenoxy) is 10. The zero-order chi connectivity index (χ0) is 47.0. The molecule has 0 N–H and O–H groups in total. The number of benzene rings is 6. The molecule has 0 radical (unpaired) electrons. The Morgan fingerprint density at radius 3 is 1.05 bits per heavy atom. The van der Waals surface area contributed by atoms with Crippen molar-refractivity contribution in [2.24, 2.45) is 0 Å². The van der Waals surface area contributed by atoms with Gasteiger partial charge in [-0.25, -0.2) is 0 Å². The minimum atomic E-state index is 0.502. The zero-order valence-corrected chi connectivity index (χ0v) is 38.9. The Morgan fingerprint density at radius 1 is 0.333 bits per heavy atom. The monoisotopic (exact) mass is 884 g/mol. The molecule has 0 fully saturated rings. The summed E-state index contributed by atoms with van der Waals surface area (Å²) in [5.41, 5.74) is 8.70. The number of methoxy groups -OCH3 is 10. The van der Waals surface area contributed by atoms with Crippen LogP contribution in [-0.2, 0) is 12.8 Å². The van der Waals surface area contributed by atoms with Crippen molar-refractivity contribution in [2.75, 3.05) is 71.1 Å². The number of hydrogen-bond donors (Lipinski definition) is 0. The van der Waals surface area contributed by atoms with Gasteiger partial charge in [0.05, 0.1) is 71.1 Å². The van der Waals surface area contributed by atoms with Crippen molar-refractivity contribution in [2.45, 2.75) is 12.8 Å². The maximum atomic E-state index is 5.77. The highest BCUT2D eigenvalue weighted by Gasteiger charge is 2.16. The molecule has 0 heterocycles. The van der Waals surface area contributed by atoms with Crippen molar-refractivity contribution in [1.29, 1.82) is 0 Å². The smallest absolute Gasteiger partial charge is 0.203 e. The average Bonchev–Trinajstić information content (AvgIpc) is 3.37. The molecule has 0 aliphatic rings. The number of allylic oxidation sites excluding steroid dienone is 2. The second-order valence-corrected chi connectivity index (χ2v) is 14.5. The van der Waals surface area contributed by atoms with Crippen LogP contribution in [0.5, 0.6) is 57.5 Å². The molecule has 0 amide bonds. The standard InChI is InChI=1S/C56H52O10/c1-57-46-26-41(27-47(35-46)58-2)23-24-44(25-39-17-11-37(12-18-39)15-21-42-29-51(61-5)55(65-9)52(30-42)62-6)50(45-33-48(59-3)36-49(34-45)60-4)28-40-19-13-38(14-20-40)16-22-43-31-53(63-7)56(66-10)54(32-43)64-8/h11-14,17-20,26-27,29-36H,25,28H2,1-10H3/b50-44-. The fraction of sp³-hybridized carbons (Fsp3) is 0.214. The Bertz CT molecular complexity index is 2780. The molecule has 0 aromatic heterocycles. The van der Waals surface area contributed by atoms with Gasteiger partial charge in [0.1, 0.15) is 23.0 Å². The van der Waals surface area contributed by atoms with Gasteiger partial charge in [0.15, 0.2) is 23.0 Å². The quantitative estimate of drug-likeness (QED) is 0.0929. The highest BCUT2D eigenvalue weighted by molar-refractivity contribution is 5.77. The van der Waals surface area contributed by atoms with Gasteiger partial charge in [0, 0.05) is 51.9 Å². The molecule has 10 heteroatoms. The highest BCUT2D eigenvalue weighted by atomic mass is 16.5. The summed E-state index contributed by atoms with van der Waals surface area (Å²) in [6.45, 7) is 0. The van der Waals surface area contributed by atoms with Gasteiger partial charge in [-0.15, -0.1) is 0 Å². The van der Waals surface area contributed by atoms with Gasteiger partial charge in [0.25, 0.3) is 0 Å². The molecule has 0 saturated heterocycles. The minimum Gasteiger partial charge on any atom is -0.497 e. The number of hydrogen-bond acceptors (Lipinski definition) is 10. The molecule has 6 aromatic rings. The van der Waals surface area contributed by atoms with E-state index in [1.54, 1.807) is 71.1 Å². The molecule has 0 spiro atoms. The fourth-order valence-corrected chi connectivity index (χ4v) is 7.03. The Kier molecular flexibility index (Phi) is 16.4. The molecular formula is C56H52O10. The lowest BCUT2D eigenvalue weighted by molar-refractivity contribution is 0.324. The maximum absolute atomic E-state index is 5.77.